The van der Waals surface area contributed by atoms with Gasteiger partial charge in [0.15, 0.2) is 5.82 Å². The average Bonchev–Trinajstić information content (AvgIpc) is 2.62. The molecule has 6 heteroatoms. The highest BCUT2D eigenvalue weighted by Crippen LogP contribution is 2.17. The van der Waals surface area contributed by atoms with Crippen molar-refractivity contribution in [3.05, 3.63) is 5.82 Å². The van der Waals surface area contributed by atoms with Gasteiger partial charge in [0, 0.05) is 11.8 Å². The number of halogens is 1. The second-order valence-electron chi connectivity index (χ2n) is 3.21. The fourth-order valence-electron chi connectivity index (χ4n) is 1.08. The molecular weight excluding hydrogens is 220 g/mol. The standard InChI is InChI=1S/C8H15ClN4S/c1-6(14-3)4-5-13-8(7(2)9)10-11-12-13/h6-7H,4-5H2,1-3H3. The number of aryl methyl sites for hydroxylation is 1. The number of rotatable bonds is 5. The lowest BCUT2D eigenvalue weighted by Crippen LogP contribution is -2.10. The van der Waals surface area contributed by atoms with E-state index in [2.05, 4.69) is 28.7 Å². The molecule has 0 aromatic carbocycles. The van der Waals surface area contributed by atoms with Crippen LogP contribution >= 0.6 is 23.4 Å². The smallest absolute Gasteiger partial charge is 0.168 e. The number of thioether (sulfide) groups is 1. The first kappa shape index (κ1) is 11.8. The summed E-state index contributed by atoms with van der Waals surface area (Å²) in [7, 11) is 0. The number of alkyl halides is 1. The van der Waals surface area contributed by atoms with Crippen molar-refractivity contribution in [1.29, 1.82) is 0 Å². The maximum absolute atomic E-state index is 5.93. The summed E-state index contributed by atoms with van der Waals surface area (Å²) in [5.41, 5.74) is 0. The number of hydrogen-bond acceptors (Lipinski definition) is 4. The predicted molar refractivity (Wildman–Crippen MR) is 59.7 cm³/mol. The zero-order valence-corrected chi connectivity index (χ0v) is 10.2. The van der Waals surface area contributed by atoms with Gasteiger partial charge < -0.3 is 0 Å². The molecule has 4 nitrogen and oxygen atoms in total. The largest absolute Gasteiger partial charge is 0.228 e. The number of nitrogens with zero attached hydrogens (tertiary/aromatic N) is 4. The van der Waals surface area contributed by atoms with Crippen molar-refractivity contribution in [2.75, 3.05) is 6.26 Å². The minimum absolute atomic E-state index is 0.130. The monoisotopic (exact) mass is 234 g/mol. The summed E-state index contributed by atoms with van der Waals surface area (Å²) in [5, 5.41) is 11.9. The van der Waals surface area contributed by atoms with Crippen LogP contribution in [0.3, 0.4) is 0 Å². The second kappa shape index (κ2) is 5.56. The third-order valence-electron chi connectivity index (χ3n) is 2.07. The molecule has 1 aromatic rings. The first-order valence-electron chi connectivity index (χ1n) is 4.58. The Bertz CT molecular complexity index is 276. The van der Waals surface area contributed by atoms with Crippen molar-refractivity contribution < 1.29 is 0 Å². The van der Waals surface area contributed by atoms with Crippen LogP contribution in [0.15, 0.2) is 0 Å². The van der Waals surface area contributed by atoms with Gasteiger partial charge in [-0.3, -0.25) is 0 Å². The quantitative estimate of drug-likeness (QED) is 0.732. The number of aromatic nitrogens is 4. The summed E-state index contributed by atoms with van der Waals surface area (Å²) in [4.78, 5) is 0. The topological polar surface area (TPSA) is 43.6 Å². The van der Waals surface area contributed by atoms with Crippen LogP contribution in [0.1, 0.15) is 31.5 Å². The molecule has 0 saturated carbocycles. The summed E-state index contributed by atoms with van der Waals surface area (Å²) < 4.78 is 1.78. The van der Waals surface area contributed by atoms with Gasteiger partial charge in [0.2, 0.25) is 0 Å². The molecule has 0 N–H and O–H groups in total. The van der Waals surface area contributed by atoms with E-state index in [1.54, 1.807) is 4.68 Å². The van der Waals surface area contributed by atoms with Crippen molar-refractivity contribution in [1.82, 2.24) is 20.2 Å². The van der Waals surface area contributed by atoms with Gasteiger partial charge in [-0.25, -0.2) is 4.68 Å². The van der Waals surface area contributed by atoms with Crippen LogP contribution in [-0.2, 0) is 6.54 Å². The molecule has 2 unspecified atom stereocenters. The molecule has 0 aliphatic rings. The third kappa shape index (κ3) is 3.13. The van der Waals surface area contributed by atoms with Crippen molar-refractivity contribution in [2.45, 2.75) is 37.4 Å². The van der Waals surface area contributed by atoms with Crippen LogP contribution in [-0.4, -0.2) is 31.7 Å². The highest BCUT2D eigenvalue weighted by molar-refractivity contribution is 7.99. The van der Waals surface area contributed by atoms with E-state index in [-0.39, 0.29) is 5.38 Å². The van der Waals surface area contributed by atoms with Gasteiger partial charge in [-0.1, -0.05) is 6.92 Å². The Kier molecular flexibility index (Phi) is 4.68. The number of tetrazole rings is 1. The first-order valence-corrected chi connectivity index (χ1v) is 6.30. The fourth-order valence-corrected chi connectivity index (χ4v) is 1.58. The van der Waals surface area contributed by atoms with E-state index >= 15 is 0 Å². The van der Waals surface area contributed by atoms with Crippen LogP contribution in [0.5, 0.6) is 0 Å². The van der Waals surface area contributed by atoms with E-state index in [1.165, 1.54) is 0 Å². The molecule has 1 heterocycles. The highest BCUT2D eigenvalue weighted by atomic mass is 35.5. The normalized spacial score (nSPS) is 15.4. The number of hydrogen-bond donors (Lipinski definition) is 0. The maximum atomic E-state index is 5.93. The third-order valence-corrected chi connectivity index (χ3v) is 3.30. The van der Waals surface area contributed by atoms with E-state index in [4.69, 9.17) is 11.6 Å². The molecule has 0 fully saturated rings. The SMILES string of the molecule is CSC(C)CCn1nnnc1C(C)Cl. The Morgan fingerprint density at radius 1 is 1.50 bits per heavy atom. The Morgan fingerprint density at radius 3 is 2.79 bits per heavy atom. The molecule has 80 valence electrons. The minimum atomic E-state index is -0.130. The zero-order chi connectivity index (χ0) is 10.6. The van der Waals surface area contributed by atoms with Gasteiger partial charge >= 0.3 is 0 Å². The van der Waals surface area contributed by atoms with Crippen LogP contribution in [0, 0.1) is 0 Å². The van der Waals surface area contributed by atoms with Crippen LogP contribution < -0.4 is 0 Å². The molecule has 1 aromatic heterocycles. The highest BCUT2D eigenvalue weighted by Gasteiger charge is 2.12. The van der Waals surface area contributed by atoms with E-state index in [1.807, 2.05) is 18.7 Å². The summed E-state index contributed by atoms with van der Waals surface area (Å²) in [5.74, 6) is 0.750. The fraction of sp³-hybridized carbons (Fsp3) is 0.875. The van der Waals surface area contributed by atoms with Crippen molar-refractivity contribution >= 4 is 23.4 Å². The van der Waals surface area contributed by atoms with Crippen molar-refractivity contribution in [3.63, 3.8) is 0 Å². The lowest BCUT2D eigenvalue weighted by Gasteiger charge is -2.09. The molecule has 0 saturated heterocycles. The minimum Gasteiger partial charge on any atom is -0.228 e. The Labute approximate surface area is 93.4 Å². The lowest BCUT2D eigenvalue weighted by molar-refractivity contribution is 0.537. The Balaban J connectivity index is 2.54. The van der Waals surface area contributed by atoms with Gasteiger partial charge in [-0.05, 0) is 30.0 Å². The van der Waals surface area contributed by atoms with Gasteiger partial charge in [0.25, 0.3) is 0 Å². The molecule has 2 atom stereocenters. The average molecular weight is 235 g/mol. The van der Waals surface area contributed by atoms with Crippen LogP contribution in [0.4, 0.5) is 0 Å². The van der Waals surface area contributed by atoms with Crippen LogP contribution in [0.2, 0.25) is 0 Å². The van der Waals surface area contributed by atoms with Gasteiger partial charge in [0.05, 0.1) is 5.38 Å². The van der Waals surface area contributed by atoms with E-state index < -0.39 is 0 Å². The van der Waals surface area contributed by atoms with Gasteiger partial charge in [0.1, 0.15) is 0 Å². The maximum Gasteiger partial charge on any atom is 0.168 e. The summed E-state index contributed by atoms with van der Waals surface area (Å²) in [6.07, 6.45) is 3.16. The van der Waals surface area contributed by atoms with E-state index in [9.17, 15) is 0 Å². The molecule has 0 spiro atoms. The second-order valence-corrected chi connectivity index (χ2v) is 5.14. The van der Waals surface area contributed by atoms with E-state index in [0.717, 1.165) is 18.8 Å². The van der Waals surface area contributed by atoms with Gasteiger partial charge in [-0.15, -0.1) is 16.7 Å². The van der Waals surface area contributed by atoms with Crippen LogP contribution in [0.25, 0.3) is 0 Å². The molecule has 0 aliphatic heterocycles. The zero-order valence-electron chi connectivity index (χ0n) is 8.64. The molecule has 0 amide bonds. The molecule has 0 bridgehead atoms. The van der Waals surface area contributed by atoms with Crippen molar-refractivity contribution in [3.8, 4) is 0 Å². The van der Waals surface area contributed by atoms with Gasteiger partial charge in [-0.2, -0.15) is 11.8 Å². The van der Waals surface area contributed by atoms with Crippen molar-refractivity contribution in [2.24, 2.45) is 0 Å². The molecule has 0 radical (unpaired) electrons. The molecular formula is C8H15ClN4S. The summed E-state index contributed by atoms with van der Waals surface area (Å²) in [6.45, 7) is 4.90. The Hall–Kier alpha value is -0.290. The Morgan fingerprint density at radius 2 is 2.21 bits per heavy atom. The molecule has 1 rings (SSSR count). The molecule has 14 heavy (non-hydrogen) atoms. The van der Waals surface area contributed by atoms with E-state index in [0.29, 0.717) is 5.25 Å². The lowest BCUT2D eigenvalue weighted by atomic mass is 10.3. The summed E-state index contributed by atoms with van der Waals surface area (Å²) >= 11 is 7.78. The summed E-state index contributed by atoms with van der Waals surface area (Å²) in [6, 6.07) is 0. The molecule has 0 aliphatic carbocycles. The predicted octanol–water partition coefficient (Wildman–Crippen LogP) is 2.11. The first-order chi connectivity index (χ1) is 6.65.